The highest BCUT2D eigenvalue weighted by atomic mass is 16.5. The van der Waals surface area contributed by atoms with Crippen LogP contribution in [0.4, 0.5) is 5.88 Å². The van der Waals surface area contributed by atoms with Crippen LogP contribution >= 0.6 is 0 Å². The molecule has 2 rings (SSSR count). The van der Waals surface area contributed by atoms with Gasteiger partial charge in [-0.2, -0.15) is 0 Å². The topological polar surface area (TPSA) is 52.0 Å². The smallest absolute Gasteiger partial charge is 0.230 e. The molecule has 0 amide bonds. The van der Waals surface area contributed by atoms with Gasteiger partial charge in [0.2, 0.25) is 5.88 Å². The maximum absolute atomic E-state index is 5.93. The maximum atomic E-state index is 5.93. The van der Waals surface area contributed by atoms with Gasteiger partial charge in [-0.05, 0) is 18.4 Å². The summed E-state index contributed by atoms with van der Waals surface area (Å²) in [6.07, 6.45) is 10.0. The van der Waals surface area contributed by atoms with E-state index in [9.17, 15) is 0 Å². The number of benzene rings is 1. The Morgan fingerprint density at radius 2 is 1.62 bits per heavy atom. The highest BCUT2D eigenvalue weighted by molar-refractivity contribution is 5.74. The van der Waals surface area contributed by atoms with Crippen LogP contribution in [0.5, 0.6) is 0 Å². The van der Waals surface area contributed by atoms with Crippen LogP contribution in [-0.4, -0.2) is 5.16 Å². The predicted octanol–water partition coefficient (Wildman–Crippen LogP) is 5.22. The van der Waals surface area contributed by atoms with Crippen LogP contribution in [0.15, 0.2) is 34.9 Å². The van der Waals surface area contributed by atoms with Crippen LogP contribution in [0.1, 0.15) is 57.6 Å². The third kappa shape index (κ3) is 4.62. The van der Waals surface area contributed by atoms with Crippen LogP contribution in [0, 0.1) is 0 Å². The van der Waals surface area contributed by atoms with E-state index in [1.54, 1.807) is 0 Å². The van der Waals surface area contributed by atoms with E-state index < -0.39 is 0 Å². The minimum absolute atomic E-state index is 0.430. The van der Waals surface area contributed by atoms with Gasteiger partial charge in [0.15, 0.2) is 0 Å². The Bertz CT molecular complexity index is 519. The number of nitrogen functional groups attached to an aromatic ring is 1. The number of nitrogens with two attached hydrogens (primary N) is 1. The summed E-state index contributed by atoms with van der Waals surface area (Å²) in [5.41, 5.74) is 8.99. The van der Waals surface area contributed by atoms with Gasteiger partial charge >= 0.3 is 0 Å². The number of aryl methyl sites for hydroxylation is 1. The van der Waals surface area contributed by atoms with Crippen molar-refractivity contribution in [3.8, 4) is 11.1 Å². The first-order chi connectivity index (χ1) is 10.3. The van der Waals surface area contributed by atoms with Crippen molar-refractivity contribution in [2.75, 3.05) is 5.73 Å². The quantitative estimate of drug-likeness (QED) is 0.643. The average molecular weight is 286 g/mol. The molecule has 114 valence electrons. The molecule has 0 radical (unpaired) electrons. The van der Waals surface area contributed by atoms with E-state index in [2.05, 4.69) is 24.2 Å². The molecular weight excluding hydrogens is 260 g/mol. The van der Waals surface area contributed by atoms with Gasteiger partial charge in [0.25, 0.3) is 0 Å². The fourth-order valence-corrected chi connectivity index (χ4v) is 2.67. The van der Waals surface area contributed by atoms with Crippen LogP contribution in [0.3, 0.4) is 0 Å². The highest BCUT2D eigenvalue weighted by Crippen LogP contribution is 2.30. The normalized spacial score (nSPS) is 10.9. The number of anilines is 1. The molecule has 0 aliphatic carbocycles. The van der Waals surface area contributed by atoms with Crippen molar-refractivity contribution < 1.29 is 4.52 Å². The van der Waals surface area contributed by atoms with Crippen molar-refractivity contribution in [1.29, 1.82) is 0 Å². The zero-order chi connectivity index (χ0) is 14.9. The summed E-state index contributed by atoms with van der Waals surface area (Å²) in [4.78, 5) is 0. The third-order valence-electron chi connectivity index (χ3n) is 3.87. The predicted molar refractivity (Wildman–Crippen MR) is 88.0 cm³/mol. The minimum atomic E-state index is 0.430. The molecule has 0 atom stereocenters. The molecule has 2 aromatic rings. The molecule has 0 aliphatic heterocycles. The molecule has 0 unspecified atom stereocenters. The molecule has 0 spiro atoms. The molecule has 0 saturated carbocycles. The average Bonchev–Trinajstić information content (AvgIpc) is 2.88. The van der Waals surface area contributed by atoms with E-state index in [1.807, 2.05) is 18.2 Å². The van der Waals surface area contributed by atoms with Crippen LogP contribution < -0.4 is 5.73 Å². The SMILES string of the molecule is CCCCCCCCCc1noc(N)c1-c1ccccc1. The third-order valence-corrected chi connectivity index (χ3v) is 3.87. The molecule has 3 nitrogen and oxygen atoms in total. The molecule has 1 aromatic heterocycles. The number of rotatable bonds is 9. The van der Waals surface area contributed by atoms with Crippen molar-refractivity contribution >= 4 is 5.88 Å². The summed E-state index contributed by atoms with van der Waals surface area (Å²) >= 11 is 0. The molecule has 0 aliphatic rings. The number of aromatic nitrogens is 1. The van der Waals surface area contributed by atoms with Crippen molar-refractivity contribution in [2.45, 2.75) is 58.3 Å². The van der Waals surface area contributed by atoms with Crippen molar-refractivity contribution in [3.63, 3.8) is 0 Å². The van der Waals surface area contributed by atoms with Gasteiger partial charge in [-0.1, -0.05) is 80.9 Å². The zero-order valence-electron chi connectivity index (χ0n) is 13.0. The van der Waals surface area contributed by atoms with Gasteiger partial charge < -0.3 is 10.3 Å². The molecule has 0 saturated heterocycles. The number of hydrogen-bond donors (Lipinski definition) is 1. The first kappa shape index (κ1) is 15.6. The first-order valence-electron chi connectivity index (χ1n) is 8.12. The lowest BCUT2D eigenvalue weighted by Crippen LogP contribution is -1.92. The lowest BCUT2D eigenvalue weighted by Gasteiger charge is -2.03. The molecule has 1 heterocycles. The molecule has 0 fully saturated rings. The number of unbranched alkanes of at least 4 members (excludes halogenated alkanes) is 6. The van der Waals surface area contributed by atoms with E-state index in [4.69, 9.17) is 10.3 Å². The van der Waals surface area contributed by atoms with Crippen LogP contribution in [-0.2, 0) is 6.42 Å². The fourth-order valence-electron chi connectivity index (χ4n) is 2.67. The van der Waals surface area contributed by atoms with E-state index in [0.717, 1.165) is 29.7 Å². The maximum Gasteiger partial charge on any atom is 0.230 e. The molecule has 0 bridgehead atoms. The van der Waals surface area contributed by atoms with Gasteiger partial charge in [-0.15, -0.1) is 0 Å². The second-order valence-corrected chi connectivity index (χ2v) is 5.61. The Labute approximate surface area is 127 Å². The monoisotopic (exact) mass is 286 g/mol. The van der Waals surface area contributed by atoms with E-state index >= 15 is 0 Å². The standard InChI is InChI=1S/C18H26N2O/c1-2-3-4-5-6-7-11-14-16-17(18(19)21-20-16)15-12-9-8-10-13-15/h8-10,12-13H,2-7,11,14,19H2,1H3. The molecule has 21 heavy (non-hydrogen) atoms. The Morgan fingerprint density at radius 3 is 2.33 bits per heavy atom. The van der Waals surface area contributed by atoms with Crippen molar-refractivity contribution in [1.82, 2.24) is 5.16 Å². The second kappa shape index (κ2) is 8.50. The van der Waals surface area contributed by atoms with Gasteiger partial charge in [-0.3, -0.25) is 0 Å². The van der Waals surface area contributed by atoms with Gasteiger partial charge in [0, 0.05) is 0 Å². The van der Waals surface area contributed by atoms with Crippen molar-refractivity contribution in [2.24, 2.45) is 0 Å². The molecule has 2 N–H and O–H groups in total. The summed E-state index contributed by atoms with van der Waals surface area (Å²) in [7, 11) is 0. The molecule has 3 heteroatoms. The molecular formula is C18H26N2O. The summed E-state index contributed by atoms with van der Waals surface area (Å²) in [5.74, 6) is 0.430. The Kier molecular flexibility index (Phi) is 6.32. The van der Waals surface area contributed by atoms with Crippen LogP contribution in [0.25, 0.3) is 11.1 Å². The van der Waals surface area contributed by atoms with E-state index in [0.29, 0.717) is 5.88 Å². The Morgan fingerprint density at radius 1 is 0.952 bits per heavy atom. The minimum Gasteiger partial charge on any atom is -0.367 e. The van der Waals surface area contributed by atoms with Gasteiger partial charge in [-0.25, -0.2) is 0 Å². The number of hydrogen-bond acceptors (Lipinski definition) is 3. The Hall–Kier alpha value is -1.77. The highest BCUT2D eigenvalue weighted by Gasteiger charge is 2.14. The van der Waals surface area contributed by atoms with Crippen molar-refractivity contribution in [3.05, 3.63) is 36.0 Å². The summed E-state index contributed by atoms with van der Waals surface area (Å²) < 4.78 is 5.19. The van der Waals surface area contributed by atoms with E-state index in [-0.39, 0.29) is 0 Å². The fraction of sp³-hybridized carbons (Fsp3) is 0.500. The Balaban J connectivity index is 1.84. The van der Waals surface area contributed by atoms with Gasteiger partial charge in [0.1, 0.15) is 0 Å². The first-order valence-corrected chi connectivity index (χ1v) is 8.12. The zero-order valence-corrected chi connectivity index (χ0v) is 13.0. The van der Waals surface area contributed by atoms with Crippen LogP contribution in [0.2, 0.25) is 0 Å². The second-order valence-electron chi connectivity index (χ2n) is 5.61. The summed E-state index contributed by atoms with van der Waals surface area (Å²) in [6, 6.07) is 10.1. The number of nitrogens with zero attached hydrogens (tertiary/aromatic N) is 1. The summed E-state index contributed by atoms with van der Waals surface area (Å²) in [6.45, 7) is 2.25. The molecule has 1 aromatic carbocycles. The lowest BCUT2D eigenvalue weighted by molar-refractivity contribution is 0.425. The van der Waals surface area contributed by atoms with E-state index in [1.165, 1.54) is 38.5 Å². The largest absolute Gasteiger partial charge is 0.367 e. The summed E-state index contributed by atoms with van der Waals surface area (Å²) in [5, 5.41) is 4.14. The van der Waals surface area contributed by atoms with Gasteiger partial charge in [0.05, 0.1) is 11.3 Å². The lowest BCUT2D eigenvalue weighted by atomic mass is 10.0.